The summed E-state index contributed by atoms with van der Waals surface area (Å²) >= 11 is 0. The highest BCUT2D eigenvalue weighted by atomic mass is 16.6. The Hall–Kier alpha value is -4.20. The second-order valence-electron chi connectivity index (χ2n) is 6.26. The minimum absolute atomic E-state index is 0.0331. The fourth-order valence-corrected chi connectivity index (χ4v) is 2.62. The molecule has 0 aliphatic carbocycles. The van der Waals surface area contributed by atoms with Gasteiger partial charge in [-0.15, -0.1) is 0 Å². The number of para-hydroxylation sites is 2. The lowest BCUT2D eigenvalue weighted by atomic mass is 10.2. The molecule has 0 aliphatic rings. The maximum absolute atomic E-state index is 12.4. The summed E-state index contributed by atoms with van der Waals surface area (Å²) in [5, 5.41) is 16.2. The summed E-state index contributed by atoms with van der Waals surface area (Å²) < 4.78 is 5.45. The van der Waals surface area contributed by atoms with E-state index in [9.17, 15) is 19.7 Å². The minimum Gasteiger partial charge on any atom is -0.493 e. The van der Waals surface area contributed by atoms with Gasteiger partial charge in [0.1, 0.15) is 5.75 Å². The predicted molar refractivity (Wildman–Crippen MR) is 113 cm³/mol. The summed E-state index contributed by atoms with van der Waals surface area (Å²) in [6, 6.07) is 21.3. The molecule has 0 bridgehead atoms. The highest BCUT2D eigenvalue weighted by Crippen LogP contribution is 2.22. The molecular formula is C22H19N3O5. The van der Waals surface area contributed by atoms with Crippen LogP contribution in [-0.4, -0.2) is 23.3 Å². The number of carbonyl (C=O) groups is 2. The van der Waals surface area contributed by atoms with Gasteiger partial charge in [0.2, 0.25) is 5.91 Å². The fraction of sp³-hybridized carbons (Fsp3) is 0.0909. The first-order valence-electron chi connectivity index (χ1n) is 9.15. The SMILES string of the molecule is O=C(CCOc1ccc([N+](=O)[O-])cc1)Nc1ccccc1NC(=O)c1ccccc1. The van der Waals surface area contributed by atoms with Gasteiger partial charge in [-0.3, -0.25) is 19.7 Å². The van der Waals surface area contributed by atoms with Crippen molar-refractivity contribution in [3.63, 3.8) is 0 Å². The molecule has 0 saturated heterocycles. The number of hydrogen-bond acceptors (Lipinski definition) is 5. The van der Waals surface area contributed by atoms with Gasteiger partial charge in [-0.05, 0) is 36.4 Å². The molecule has 0 saturated carbocycles. The number of anilines is 2. The molecule has 0 aromatic heterocycles. The van der Waals surface area contributed by atoms with E-state index < -0.39 is 4.92 Å². The summed E-state index contributed by atoms with van der Waals surface area (Å²) in [6.45, 7) is 0.0994. The number of non-ortho nitro benzene ring substituents is 1. The molecule has 0 atom stereocenters. The molecule has 0 fully saturated rings. The van der Waals surface area contributed by atoms with Gasteiger partial charge < -0.3 is 15.4 Å². The average molecular weight is 405 g/mol. The molecule has 8 nitrogen and oxygen atoms in total. The smallest absolute Gasteiger partial charge is 0.269 e. The monoisotopic (exact) mass is 405 g/mol. The maximum Gasteiger partial charge on any atom is 0.269 e. The van der Waals surface area contributed by atoms with Gasteiger partial charge in [0.25, 0.3) is 11.6 Å². The number of ether oxygens (including phenoxy) is 1. The van der Waals surface area contributed by atoms with E-state index in [-0.39, 0.29) is 30.5 Å². The molecule has 8 heteroatoms. The molecule has 3 aromatic carbocycles. The van der Waals surface area contributed by atoms with Crippen LogP contribution >= 0.6 is 0 Å². The van der Waals surface area contributed by atoms with Crippen molar-refractivity contribution in [3.8, 4) is 5.75 Å². The zero-order chi connectivity index (χ0) is 21.3. The van der Waals surface area contributed by atoms with E-state index in [0.29, 0.717) is 22.7 Å². The molecule has 0 heterocycles. The van der Waals surface area contributed by atoms with Gasteiger partial charge in [-0.1, -0.05) is 30.3 Å². The largest absolute Gasteiger partial charge is 0.493 e. The van der Waals surface area contributed by atoms with E-state index in [4.69, 9.17) is 4.74 Å². The van der Waals surface area contributed by atoms with Gasteiger partial charge >= 0.3 is 0 Å². The predicted octanol–water partition coefficient (Wildman–Crippen LogP) is 4.25. The van der Waals surface area contributed by atoms with E-state index in [1.165, 1.54) is 24.3 Å². The molecule has 0 radical (unpaired) electrons. The summed E-state index contributed by atoms with van der Waals surface area (Å²) in [6.07, 6.45) is 0.0674. The van der Waals surface area contributed by atoms with Crippen LogP contribution in [0, 0.1) is 10.1 Å². The van der Waals surface area contributed by atoms with Crippen LogP contribution in [0.1, 0.15) is 16.8 Å². The Bertz CT molecular complexity index is 1040. The van der Waals surface area contributed by atoms with Crippen LogP contribution < -0.4 is 15.4 Å². The van der Waals surface area contributed by atoms with Gasteiger partial charge in [0, 0.05) is 17.7 Å². The topological polar surface area (TPSA) is 111 Å². The lowest BCUT2D eigenvalue weighted by molar-refractivity contribution is -0.384. The first kappa shape index (κ1) is 20.5. The van der Waals surface area contributed by atoms with Crippen LogP contribution in [0.4, 0.5) is 17.1 Å². The quantitative estimate of drug-likeness (QED) is 0.430. The number of rotatable bonds is 8. The van der Waals surface area contributed by atoms with Crippen molar-refractivity contribution in [3.05, 3.63) is 94.5 Å². The zero-order valence-electron chi connectivity index (χ0n) is 15.9. The normalized spacial score (nSPS) is 10.1. The Morgan fingerprint density at radius 1 is 0.833 bits per heavy atom. The molecule has 30 heavy (non-hydrogen) atoms. The van der Waals surface area contributed by atoms with Gasteiger partial charge in [0.15, 0.2) is 0 Å². The first-order valence-corrected chi connectivity index (χ1v) is 9.15. The van der Waals surface area contributed by atoms with Gasteiger partial charge in [-0.2, -0.15) is 0 Å². The number of nitrogens with one attached hydrogen (secondary N) is 2. The molecule has 0 unspecified atom stereocenters. The molecule has 152 valence electrons. The molecule has 2 N–H and O–H groups in total. The van der Waals surface area contributed by atoms with Crippen LogP contribution in [0.2, 0.25) is 0 Å². The lowest BCUT2D eigenvalue weighted by Gasteiger charge is -2.12. The molecule has 0 aliphatic heterocycles. The third-order valence-electron chi connectivity index (χ3n) is 4.13. The summed E-state index contributed by atoms with van der Waals surface area (Å²) in [7, 11) is 0. The second-order valence-corrected chi connectivity index (χ2v) is 6.26. The van der Waals surface area contributed by atoms with Crippen LogP contribution in [0.15, 0.2) is 78.9 Å². The number of carbonyl (C=O) groups excluding carboxylic acids is 2. The van der Waals surface area contributed by atoms with Crippen LogP contribution in [0.25, 0.3) is 0 Å². The van der Waals surface area contributed by atoms with Crippen molar-refractivity contribution >= 4 is 28.9 Å². The number of nitro benzene ring substituents is 1. The van der Waals surface area contributed by atoms with Crippen molar-refractivity contribution in [1.82, 2.24) is 0 Å². The van der Waals surface area contributed by atoms with E-state index in [2.05, 4.69) is 10.6 Å². The molecule has 2 amide bonds. The third kappa shape index (κ3) is 5.65. The Morgan fingerprint density at radius 3 is 2.07 bits per heavy atom. The van der Waals surface area contributed by atoms with Gasteiger partial charge in [0.05, 0.1) is 29.3 Å². The highest BCUT2D eigenvalue weighted by Gasteiger charge is 2.11. The zero-order valence-corrected chi connectivity index (χ0v) is 15.9. The Labute approximate surface area is 172 Å². The third-order valence-corrected chi connectivity index (χ3v) is 4.13. The Morgan fingerprint density at radius 2 is 1.43 bits per heavy atom. The van der Waals surface area contributed by atoms with Crippen molar-refractivity contribution < 1.29 is 19.2 Å². The van der Waals surface area contributed by atoms with Crippen LogP contribution in [0.5, 0.6) is 5.75 Å². The van der Waals surface area contributed by atoms with Gasteiger partial charge in [-0.25, -0.2) is 0 Å². The fourth-order valence-electron chi connectivity index (χ4n) is 2.62. The van der Waals surface area contributed by atoms with Crippen molar-refractivity contribution in [2.24, 2.45) is 0 Å². The van der Waals surface area contributed by atoms with Crippen molar-refractivity contribution in [2.75, 3.05) is 17.2 Å². The van der Waals surface area contributed by atoms with Crippen LogP contribution in [-0.2, 0) is 4.79 Å². The first-order chi connectivity index (χ1) is 14.5. The Balaban J connectivity index is 1.54. The maximum atomic E-state index is 12.4. The molecular weight excluding hydrogens is 386 g/mol. The lowest BCUT2D eigenvalue weighted by Crippen LogP contribution is -2.18. The number of hydrogen-bond donors (Lipinski definition) is 2. The van der Waals surface area contributed by atoms with Crippen molar-refractivity contribution in [2.45, 2.75) is 6.42 Å². The molecule has 3 aromatic rings. The number of nitro groups is 1. The van der Waals surface area contributed by atoms with Crippen molar-refractivity contribution in [1.29, 1.82) is 0 Å². The van der Waals surface area contributed by atoms with E-state index in [1.54, 1.807) is 48.5 Å². The summed E-state index contributed by atoms with van der Waals surface area (Å²) in [5.41, 5.74) is 1.43. The summed E-state index contributed by atoms with van der Waals surface area (Å²) in [4.78, 5) is 34.8. The Kier molecular flexibility index (Phi) is 6.73. The highest BCUT2D eigenvalue weighted by molar-refractivity contribution is 6.07. The van der Waals surface area contributed by atoms with E-state index in [1.807, 2.05) is 6.07 Å². The molecule has 0 spiro atoms. The molecule has 3 rings (SSSR count). The van der Waals surface area contributed by atoms with E-state index >= 15 is 0 Å². The average Bonchev–Trinajstić information content (AvgIpc) is 2.76. The number of amides is 2. The van der Waals surface area contributed by atoms with Crippen LogP contribution in [0.3, 0.4) is 0 Å². The summed E-state index contributed by atoms with van der Waals surface area (Å²) in [5.74, 6) is -0.138. The second kappa shape index (κ2) is 9.83. The number of nitrogens with zero attached hydrogens (tertiary/aromatic N) is 1. The van der Waals surface area contributed by atoms with E-state index in [0.717, 1.165) is 0 Å². The standard InChI is InChI=1S/C22H19N3O5/c26-21(14-15-30-18-12-10-17(11-13-18)25(28)29)23-19-8-4-5-9-20(19)24-22(27)16-6-2-1-3-7-16/h1-13H,14-15H2,(H,23,26)(H,24,27). The number of benzene rings is 3. The minimum atomic E-state index is -0.495.